The summed E-state index contributed by atoms with van der Waals surface area (Å²) >= 11 is 3.65. The molecule has 1 aliphatic rings. The van der Waals surface area contributed by atoms with Crippen LogP contribution in [0.15, 0.2) is 52.4 Å². The smallest absolute Gasteiger partial charge is 0.433 e. The number of aromatic hydroxyl groups is 1. The summed E-state index contributed by atoms with van der Waals surface area (Å²) in [5.74, 6) is 1.02. The molecule has 2 heterocycles. The van der Waals surface area contributed by atoms with Crippen molar-refractivity contribution in [2.75, 3.05) is 20.2 Å². The highest BCUT2D eigenvalue weighted by Gasteiger charge is 2.40. The Balaban J connectivity index is 1.77. The molecule has 2 aromatic carbocycles. The first-order chi connectivity index (χ1) is 24.8. The van der Waals surface area contributed by atoms with Crippen LogP contribution < -0.4 is 4.74 Å². The first-order valence-electron chi connectivity index (χ1n) is 19.1. The summed E-state index contributed by atoms with van der Waals surface area (Å²) in [7, 11) is 1.76. The predicted molar refractivity (Wildman–Crippen MR) is 214 cm³/mol. The Kier molecular flexibility index (Phi) is 14.4. The fourth-order valence-corrected chi connectivity index (χ4v) is 10.0. The lowest BCUT2D eigenvalue weighted by atomic mass is 9.84. The van der Waals surface area contributed by atoms with Crippen molar-refractivity contribution >= 4 is 29.4 Å². The number of hydrogen-bond donors (Lipinski definition) is 1. The molecule has 0 aliphatic carbocycles. The van der Waals surface area contributed by atoms with E-state index in [-0.39, 0.29) is 26.4 Å². The molecule has 10 heteroatoms. The topological polar surface area (TPSA) is 62.7 Å². The van der Waals surface area contributed by atoms with Crippen LogP contribution in [-0.4, -0.2) is 45.2 Å². The van der Waals surface area contributed by atoms with Crippen molar-refractivity contribution in [2.45, 2.75) is 150 Å². The molecular weight excluding hydrogens is 714 g/mol. The lowest BCUT2D eigenvalue weighted by Crippen LogP contribution is -2.43. The molecule has 1 saturated heterocycles. The van der Waals surface area contributed by atoms with Gasteiger partial charge in [0.05, 0.1) is 16.8 Å². The Morgan fingerprint density at radius 3 is 1.83 bits per heavy atom. The SMILES string of the molecule is CCCCCc1cc(SC2(Sc3cc(CCCCC)c(OC)c(C(C)(C)C)c3)CCN(C(=O)c3ccc(C(F)(F)F)nc3)CC2)cc(C(C)(C)C)c1O. The minimum absolute atomic E-state index is 0.151. The molecule has 0 unspecified atom stereocenters. The van der Waals surface area contributed by atoms with Gasteiger partial charge in [-0.2, -0.15) is 13.2 Å². The number of benzene rings is 2. The van der Waals surface area contributed by atoms with Crippen molar-refractivity contribution in [3.63, 3.8) is 0 Å². The number of methoxy groups -OCH3 is 1. The van der Waals surface area contributed by atoms with Crippen LogP contribution in [0.5, 0.6) is 11.5 Å². The van der Waals surface area contributed by atoms with Gasteiger partial charge >= 0.3 is 6.18 Å². The summed E-state index contributed by atoms with van der Waals surface area (Å²) in [6.07, 6.45) is 6.03. The lowest BCUT2D eigenvalue weighted by molar-refractivity contribution is -0.141. The van der Waals surface area contributed by atoms with Gasteiger partial charge in [-0.3, -0.25) is 9.78 Å². The van der Waals surface area contributed by atoms with E-state index in [9.17, 15) is 23.1 Å². The van der Waals surface area contributed by atoms with E-state index in [0.29, 0.717) is 31.7 Å². The molecule has 1 amide bonds. The van der Waals surface area contributed by atoms with Crippen LogP contribution in [-0.2, 0) is 29.8 Å². The number of nitrogens with zero attached hydrogens (tertiary/aromatic N) is 2. The monoisotopic (exact) mass is 772 g/mol. The van der Waals surface area contributed by atoms with Crippen LogP contribution in [0.4, 0.5) is 13.2 Å². The number of thioether (sulfide) groups is 2. The third-order valence-corrected chi connectivity index (χ3v) is 12.9. The minimum atomic E-state index is -4.57. The molecule has 5 nitrogen and oxygen atoms in total. The zero-order valence-electron chi connectivity index (χ0n) is 33.1. The Bertz CT molecular complexity index is 1690. The van der Waals surface area contributed by atoms with E-state index in [1.165, 1.54) is 11.6 Å². The van der Waals surface area contributed by atoms with Crippen LogP contribution in [0.1, 0.15) is 145 Å². The molecule has 0 atom stereocenters. The van der Waals surface area contributed by atoms with Crippen molar-refractivity contribution in [2.24, 2.45) is 0 Å². The van der Waals surface area contributed by atoms with Crippen LogP contribution in [0, 0.1) is 0 Å². The fraction of sp³-hybridized carbons (Fsp3) is 0.581. The summed E-state index contributed by atoms with van der Waals surface area (Å²) in [6, 6.07) is 11.0. The maximum absolute atomic E-state index is 13.6. The van der Waals surface area contributed by atoms with Gasteiger partial charge in [-0.25, -0.2) is 0 Å². The van der Waals surface area contributed by atoms with Gasteiger partial charge in [0.1, 0.15) is 17.2 Å². The number of aryl methyl sites for hydroxylation is 2. The lowest BCUT2D eigenvalue weighted by Gasteiger charge is -2.41. The molecule has 1 aromatic heterocycles. The summed E-state index contributed by atoms with van der Waals surface area (Å²) in [4.78, 5) is 21.1. The maximum Gasteiger partial charge on any atom is 0.433 e. The number of unbranched alkanes of at least 4 members (excludes halogenated alkanes) is 4. The van der Waals surface area contributed by atoms with Gasteiger partial charge in [0.2, 0.25) is 0 Å². The minimum Gasteiger partial charge on any atom is -0.507 e. The van der Waals surface area contributed by atoms with Gasteiger partial charge < -0.3 is 14.7 Å². The van der Waals surface area contributed by atoms with Crippen molar-refractivity contribution < 1.29 is 27.8 Å². The summed E-state index contributed by atoms with van der Waals surface area (Å²) in [5.41, 5.74) is 2.98. The number of rotatable bonds is 14. The van der Waals surface area contributed by atoms with E-state index in [1.54, 1.807) is 12.0 Å². The van der Waals surface area contributed by atoms with E-state index < -0.39 is 11.9 Å². The number of hydrogen-bond acceptors (Lipinski definition) is 6. The van der Waals surface area contributed by atoms with Crippen LogP contribution >= 0.6 is 23.5 Å². The zero-order valence-corrected chi connectivity index (χ0v) is 34.8. The second-order valence-electron chi connectivity index (χ2n) is 16.4. The molecule has 1 aliphatic heterocycles. The summed E-state index contributed by atoms with van der Waals surface area (Å²) < 4.78 is 45.3. The molecule has 1 fully saturated rings. The number of carbonyl (C=O) groups excluding carboxylic acids is 1. The van der Waals surface area contributed by atoms with E-state index in [0.717, 1.165) is 95.9 Å². The van der Waals surface area contributed by atoms with E-state index in [1.807, 2.05) is 23.5 Å². The van der Waals surface area contributed by atoms with Crippen molar-refractivity contribution in [1.29, 1.82) is 0 Å². The van der Waals surface area contributed by atoms with Gasteiger partial charge in [-0.15, -0.1) is 23.5 Å². The molecule has 0 bridgehead atoms. The molecule has 0 spiro atoms. The average molecular weight is 773 g/mol. The normalized spacial score (nSPS) is 15.1. The molecule has 3 aromatic rings. The summed E-state index contributed by atoms with van der Waals surface area (Å²) in [6.45, 7) is 18.3. The second-order valence-corrected chi connectivity index (χ2v) is 19.6. The van der Waals surface area contributed by atoms with Crippen molar-refractivity contribution in [3.05, 3.63) is 76.1 Å². The van der Waals surface area contributed by atoms with Crippen LogP contribution in [0.2, 0.25) is 0 Å². The Morgan fingerprint density at radius 1 is 0.830 bits per heavy atom. The largest absolute Gasteiger partial charge is 0.507 e. The number of likely N-dealkylation sites (tertiary alicyclic amines) is 1. The van der Waals surface area contributed by atoms with E-state index in [2.05, 4.69) is 84.6 Å². The Hall–Kier alpha value is -2.85. The number of carbonyl (C=O) groups is 1. The molecular formula is C43H59F3N2O3S2. The van der Waals surface area contributed by atoms with Gasteiger partial charge in [0, 0.05) is 40.2 Å². The predicted octanol–water partition coefficient (Wildman–Crippen LogP) is 12.4. The van der Waals surface area contributed by atoms with Gasteiger partial charge in [-0.1, -0.05) is 81.1 Å². The van der Waals surface area contributed by atoms with Crippen molar-refractivity contribution in [1.82, 2.24) is 9.88 Å². The highest BCUT2D eigenvalue weighted by Crippen LogP contribution is 2.54. The highest BCUT2D eigenvalue weighted by molar-refractivity contribution is 8.18. The van der Waals surface area contributed by atoms with Gasteiger partial charge in [0.15, 0.2) is 0 Å². The number of alkyl halides is 3. The van der Waals surface area contributed by atoms with E-state index >= 15 is 0 Å². The van der Waals surface area contributed by atoms with Gasteiger partial charge in [-0.05, 0) is 96.9 Å². The summed E-state index contributed by atoms with van der Waals surface area (Å²) in [5, 5.41) is 11.5. The first kappa shape index (κ1) is 42.9. The second kappa shape index (κ2) is 17.7. The quantitative estimate of drug-likeness (QED) is 0.130. The molecule has 292 valence electrons. The molecule has 0 saturated carbocycles. The molecule has 1 N–H and O–H groups in total. The molecule has 53 heavy (non-hydrogen) atoms. The Morgan fingerprint density at radius 2 is 1.36 bits per heavy atom. The Labute approximate surface area is 324 Å². The number of piperidine rings is 1. The number of amides is 1. The maximum atomic E-state index is 13.6. The van der Waals surface area contributed by atoms with Crippen molar-refractivity contribution in [3.8, 4) is 11.5 Å². The number of halogens is 3. The molecule has 4 rings (SSSR count). The number of aromatic nitrogens is 1. The number of phenolic OH excluding ortho intramolecular Hbond substituents is 1. The average Bonchev–Trinajstić information content (AvgIpc) is 3.08. The third kappa shape index (κ3) is 11.1. The third-order valence-electron chi connectivity index (χ3n) is 9.94. The van der Waals surface area contributed by atoms with Gasteiger partial charge in [0.25, 0.3) is 5.91 Å². The van der Waals surface area contributed by atoms with Crippen LogP contribution in [0.3, 0.4) is 0 Å². The van der Waals surface area contributed by atoms with Crippen LogP contribution in [0.25, 0.3) is 0 Å². The first-order valence-corrected chi connectivity index (χ1v) is 20.7. The molecule has 0 radical (unpaired) electrons. The number of ether oxygens (including phenoxy) is 1. The zero-order chi connectivity index (χ0) is 39.2. The number of pyridine rings is 1. The van der Waals surface area contributed by atoms with E-state index in [4.69, 9.17) is 4.74 Å². The highest BCUT2D eigenvalue weighted by atomic mass is 32.2. The standard InChI is InChI=1S/C43H59F3N2O3S2/c1-10-12-14-16-29-24-32(26-34(37(29)49)40(3,4)5)52-42(20-22-48(23-21-42)39(50)31-18-19-36(47-28-31)43(44,45)46)53-33-25-30(17-15-13-11-2)38(51-9)35(27-33)41(6,7)8/h18-19,24-28,49H,10-17,20-23H2,1-9H3. The number of phenols is 1. The fourth-order valence-electron chi connectivity index (χ4n) is 6.90.